The number of likely N-dealkylation sites (N-methyl/N-ethyl adjacent to an activating group) is 1. The summed E-state index contributed by atoms with van der Waals surface area (Å²) in [4.78, 5) is 5.04. The highest BCUT2D eigenvalue weighted by atomic mass is 15.2. The summed E-state index contributed by atoms with van der Waals surface area (Å²) in [6, 6.07) is 0.728. The molecule has 2 N–H and O–H groups in total. The van der Waals surface area contributed by atoms with E-state index in [0.29, 0.717) is 5.41 Å². The van der Waals surface area contributed by atoms with Gasteiger partial charge in [0.2, 0.25) is 0 Å². The monoisotopic (exact) mass is 239 g/mol. The van der Waals surface area contributed by atoms with Crippen molar-refractivity contribution < 1.29 is 0 Å². The van der Waals surface area contributed by atoms with Gasteiger partial charge in [-0.2, -0.15) is 0 Å². The molecule has 100 valence electrons. The Morgan fingerprint density at radius 3 is 2.35 bits per heavy atom. The lowest BCUT2D eigenvalue weighted by Crippen LogP contribution is -2.41. The summed E-state index contributed by atoms with van der Waals surface area (Å²) >= 11 is 0. The first kappa shape index (κ1) is 13.3. The minimum atomic E-state index is 0.445. The van der Waals surface area contributed by atoms with Crippen LogP contribution in [0.3, 0.4) is 0 Å². The van der Waals surface area contributed by atoms with Gasteiger partial charge in [-0.3, -0.25) is 0 Å². The van der Waals surface area contributed by atoms with Crippen molar-refractivity contribution in [3.63, 3.8) is 0 Å². The molecule has 2 fully saturated rings. The van der Waals surface area contributed by atoms with Crippen LogP contribution in [0.15, 0.2) is 0 Å². The molecule has 2 atom stereocenters. The summed E-state index contributed by atoms with van der Waals surface area (Å²) in [6.07, 6.45) is 5.47. The first-order valence-corrected chi connectivity index (χ1v) is 7.15. The van der Waals surface area contributed by atoms with Crippen LogP contribution >= 0.6 is 0 Å². The Labute approximate surface area is 106 Å². The fourth-order valence-corrected chi connectivity index (χ4v) is 3.88. The Bertz CT molecular complexity index is 246. The summed E-state index contributed by atoms with van der Waals surface area (Å²) in [6.45, 7) is 6.98. The predicted octanol–water partition coefficient (Wildman–Crippen LogP) is 1.39. The zero-order chi connectivity index (χ0) is 12.5. The molecule has 1 saturated carbocycles. The van der Waals surface area contributed by atoms with E-state index in [0.717, 1.165) is 18.5 Å². The molecule has 0 aromatic carbocycles. The van der Waals surface area contributed by atoms with E-state index in [-0.39, 0.29) is 0 Å². The van der Waals surface area contributed by atoms with Crippen LogP contribution in [0.2, 0.25) is 0 Å². The molecule has 0 spiro atoms. The van der Waals surface area contributed by atoms with Crippen molar-refractivity contribution in [2.75, 3.05) is 40.3 Å². The van der Waals surface area contributed by atoms with E-state index >= 15 is 0 Å². The highest BCUT2D eigenvalue weighted by Crippen LogP contribution is 2.38. The van der Waals surface area contributed by atoms with Crippen molar-refractivity contribution in [1.82, 2.24) is 9.80 Å². The molecule has 17 heavy (non-hydrogen) atoms. The van der Waals surface area contributed by atoms with E-state index in [1.165, 1.54) is 45.3 Å². The Hall–Kier alpha value is -0.120. The normalized spacial score (nSPS) is 33.7. The van der Waals surface area contributed by atoms with Gasteiger partial charge in [-0.15, -0.1) is 0 Å². The maximum atomic E-state index is 6.04. The third kappa shape index (κ3) is 2.83. The molecule has 3 nitrogen and oxygen atoms in total. The molecule has 0 aromatic rings. The van der Waals surface area contributed by atoms with Crippen molar-refractivity contribution in [2.45, 2.75) is 38.6 Å². The summed E-state index contributed by atoms with van der Waals surface area (Å²) in [5.74, 6) is 0.793. The Morgan fingerprint density at radius 1 is 1.24 bits per heavy atom. The lowest BCUT2D eigenvalue weighted by atomic mass is 9.86. The third-order valence-electron chi connectivity index (χ3n) is 4.97. The highest BCUT2D eigenvalue weighted by Gasteiger charge is 2.38. The van der Waals surface area contributed by atoms with Crippen molar-refractivity contribution in [2.24, 2.45) is 17.1 Å². The summed E-state index contributed by atoms with van der Waals surface area (Å²) < 4.78 is 0. The molecule has 0 radical (unpaired) electrons. The highest BCUT2D eigenvalue weighted by molar-refractivity contribution is 4.93. The van der Waals surface area contributed by atoms with Gasteiger partial charge in [-0.1, -0.05) is 19.8 Å². The number of hydrogen-bond acceptors (Lipinski definition) is 3. The minimum absolute atomic E-state index is 0.445. The average Bonchev–Trinajstić information content (AvgIpc) is 2.87. The molecule has 1 saturated heterocycles. The smallest absolute Gasteiger partial charge is 0.0254 e. The lowest BCUT2D eigenvalue weighted by Gasteiger charge is -2.32. The molecule has 0 aromatic heterocycles. The van der Waals surface area contributed by atoms with Crippen LogP contribution in [0.1, 0.15) is 32.6 Å². The first-order chi connectivity index (χ1) is 8.06. The molecule has 2 unspecified atom stereocenters. The van der Waals surface area contributed by atoms with E-state index in [9.17, 15) is 0 Å². The van der Waals surface area contributed by atoms with Gasteiger partial charge in [0.25, 0.3) is 0 Å². The fourth-order valence-electron chi connectivity index (χ4n) is 3.88. The van der Waals surface area contributed by atoms with Gasteiger partial charge in [0.15, 0.2) is 0 Å². The molecular formula is C14H29N3. The van der Waals surface area contributed by atoms with Gasteiger partial charge in [-0.05, 0) is 44.8 Å². The van der Waals surface area contributed by atoms with Crippen LogP contribution in [-0.4, -0.2) is 56.1 Å². The standard InChI is InChI=1S/C14H29N3/c1-12-8-17(9-13(12)16(2)3)11-14(10-15)6-4-5-7-14/h12-13H,4-11,15H2,1-3H3. The number of hydrogen-bond donors (Lipinski definition) is 1. The minimum Gasteiger partial charge on any atom is -0.330 e. The van der Waals surface area contributed by atoms with Crippen LogP contribution in [-0.2, 0) is 0 Å². The van der Waals surface area contributed by atoms with Gasteiger partial charge >= 0.3 is 0 Å². The quantitative estimate of drug-likeness (QED) is 0.804. The van der Waals surface area contributed by atoms with Crippen LogP contribution in [0.5, 0.6) is 0 Å². The molecule has 0 bridgehead atoms. The molecule has 0 amide bonds. The second-order valence-corrected chi connectivity index (χ2v) is 6.61. The van der Waals surface area contributed by atoms with E-state index in [4.69, 9.17) is 5.73 Å². The zero-order valence-electron chi connectivity index (χ0n) is 11.8. The van der Waals surface area contributed by atoms with Gasteiger partial charge in [0.1, 0.15) is 0 Å². The average molecular weight is 239 g/mol. The van der Waals surface area contributed by atoms with Crippen LogP contribution in [0.4, 0.5) is 0 Å². The molecule has 2 aliphatic rings. The van der Waals surface area contributed by atoms with Crippen molar-refractivity contribution in [3.8, 4) is 0 Å². The first-order valence-electron chi connectivity index (χ1n) is 7.15. The summed E-state index contributed by atoms with van der Waals surface area (Å²) in [5.41, 5.74) is 6.48. The lowest BCUT2D eigenvalue weighted by molar-refractivity contribution is 0.173. The number of rotatable bonds is 4. The maximum absolute atomic E-state index is 6.04. The molecule has 1 aliphatic carbocycles. The molecule has 1 heterocycles. The molecule has 3 heteroatoms. The van der Waals surface area contributed by atoms with Crippen molar-refractivity contribution in [3.05, 3.63) is 0 Å². The van der Waals surface area contributed by atoms with E-state index in [2.05, 4.69) is 30.8 Å². The third-order valence-corrected chi connectivity index (χ3v) is 4.97. The zero-order valence-corrected chi connectivity index (χ0v) is 11.8. The van der Waals surface area contributed by atoms with Crippen LogP contribution in [0, 0.1) is 11.3 Å². The SMILES string of the molecule is CC1CN(CC2(CN)CCCC2)CC1N(C)C. The van der Waals surface area contributed by atoms with Crippen LogP contribution < -0.4 is 5.73 Å². The van der Waals surface area contributed by atoms with Crippen molar-refractivity contribution in [1.29, 1.82) is 0 Å². The van der Waals surface area contributed by atoms with Gasteiger partial charge in [0, 0.05) is 25.7 Å². The largest absolute Gasteiger partial charge is 0.330 e. The molecule has 1 aliphatic heterocycles. The molecule has 2 rings (SSSR count). The van der Waals surface area contributed by atoms with E-state index in [1.807, 2.05) is 0 Å². The second-order valence-electron chi connectivity index (χ2n) is 6.61. The van der Waals surface area contributed by atoms with E-state index < -0.39 is 0 Å². The molecular weight excluding hydrogens is 210 g/mol. The number of nitrogens with two attached hydrogens (primary N) is 1. The van der Waals surface area contributed by atoms with Gasteiger partial charge in [-0.25, -0.2) is 0 Å². The van der Waals surface area contributed by atoms with Gasteiger partial charge < -0.3 is 15.5 Å². The van der Waals surface area contributed by atoms with Crippen molar-refractivity contribution >= 4 is 0 Å². The predicted molar refractivity (Wildman–Crippen MR) is 73.0 cm³/mol. The number of nitrogens with zero attached hydrogens (tertiary/aromatic N) is 2. The Balaban J connectivity index is 1.92. The summed E-state index contributed by atoms with van der Waals surface area (Å²) in [5, 5.41) is 0. The maximum Gasteiger partial charge on any atom is 0.0254 e. The van der Waals surface area contributed by atoms with Gasteiger partial charge in [0.05, 0.1) is 0 Å². The summed E-state index contributed by atoms with van der Waals surface area (Å²) in [7, 11) is 4.41. The second kappa shape index (κ2) is 5.25. The Morgan fingerprint density at radius 2 is 1.88 bits per heavy atom. The fraction of sp³-hybridized carbons (Fsp3) is 1.00. The topological polar surface area (TPSA) is 32.5 Å². The Kier molecular flexibility index (Phi) is 4.11. The number of likely N-dealkylation sites (tertiary alicyclic amines) is 1. The van der Waals surface area contributed by atoms with Crippen LogP contribution in [0.25, 0.3) is 0 Å². The van der Waals surface area contributed by atoms with E-state index in [1.54, 1.807) is 0 Å².